The van der Waals surface area contributed by atoms with E-state index in [1.165, 1.54) is 0 Å². The number of primary amides is 1. The maximum absolute atomic E-state index is 10.6. The van der Waals surface area contributed by atoms with Gasteiger partial charge >= 0.3 is 6.09 Å². The first-order valence-corrected chi connectivity index (χ1v) is 5.93. The van der Waals surface area contributed by atoms with Crippen molar-refractivity contribution in [1.29, 1.82) is 0 Å². The van der Waals surface area contributed by atoms with E-state index in [4.69, 9.17) is 15.2 Å². The average Bonchev–Trinajstić information content (AvgIpc) is 2.36. The fourth-order valence-electron chi connectivity index (χ4n) is 1.69. The molecule has 1 amide bonds. The molecule has 0 aliphatic rings. The molecule has 1 rings (SSSR count). The summed E-state index contributed by atoms with van der Waals surface area (Å²) < 4.78 is 10.2. The van der Waals surface area contributed by atoms with Gasteiger partial charge in [0.1, 0.15) is 12.4 Å². The van der Waals surface area contributed by atoms with Gasteiger partial charge in [-0.15, -0.1) is 6.58 Å². The lowest BCUT2D eigenvalue weighted by molar-refractivity contribution is 0.149. The summed E-state index contributed by atoms with van der Waals surface area (Å²) in [5.74, 6) is 0.903. The molecule has 0 heterocycles. The lowest BCUT2D eigenvalue weighted by Gasteiger charge is -2.15. The van der Waals surface area contributed by atoms with Gasteiger partial charge in [0.05, 0.1) is 6.61 Å². The maximum Gasteiger partial charge on any atom is 0.404 e. The second-order valence-electron chi connectivity index (χ2n) is 3.85. The van der Waals surface area contributed by atoms with Crippen molar-refractivity contribution in [2.75, 3.05) is 13.2 Å². The zero-order valence-electron chi connectivity index (χ0n) is 10.6. The highest BCUT2D eigenvalue weighted by molar-refractivity contribution is 5.64. The molecule has 2 N–H and O–H groups in total. The Labute approximate surface area is 107 Å². The fourth-order valence-corrected chi connectivity index (χ4v) is 1.69. The molecular weight excluding hydrogens is 230 g/mol. The quantitative estimate of drug-likeness (QED) is 0.756. The van der Waals surface area contributed by atoms with Crippen molar-refractivity contribution in [2.45, 2.75) is 19.3 Å². The van der Waals surface area contributed by atoms with E-state index in [2.05, 4.69) is 6.58 Å². The van der Waals surface area contributed by atoms with Crippen LogP contribution in [0.3, 0.4) is 0 Å². The third-order valence-electron chi connectivity index (χ3n) is 2.54. The summed E-state index contributed by atoms with van der Waals surface area (Å²) in [6.07, 6.45) is 1.77. The minimum atomic E-state index is -0.755. The Hall–Kier alpha value is -1.97. The number of amides is 1. The van der Waals surface area contributed by atoms with Gasteiger partial charge in [-0.05, 0) is 31.0 Å². The van der Waals surface area contributed by atoms with Crippen LogP contribution in [0.5, 0.6) is 5.75 Å². The van der Waals surface area contributed by atoms with Crippen molar-refractivity contribution in [1.82, 2.24) is 0 Å². The van der Waals surface area contributed by atoms with Gasteiger partial charge in [-0.3, -0.25) is 0 Å². The molecule has 1 aromatic carbocycles. The minimum absolute atomic E-state index is 0.0747. The van der Waals surface area contributed by atoms with Crippen LogP contribution in [0.1, 0.15) is 24.8 Å². The van der Waals surface area contributed by atoms with Gasteiger partial charge in [-0.25, -0.2) is 4.79 Å². The molecular formula is C14H19NO3. The topological polar surface area (TPSA) is 61.5 Å². The molecule has 0 aliphatic heterocycles. The summed E-state index contributed by atoms with van der Waals surface area (Å²) in [7, 11) is 0. The van der Waals surface area contributed by atoms with Crippen LogP contribution in [0.15, 0.2) is 36.9 Å². The van der Waals surface area contributed by atoms with E-state index in [0.29, 0.717) is 6.61 Å². The van der Waals surface area contributed by atoms with Crippen LogP contribution in [0, 0.1) is 0 Å². The summed E-state index contributed by atoms with van der Waals surface area (Å²) >= 11 is 0. The Morgan fingerprint density at radius 1 is 1.44 bits per heavy atom. The summed E-state index contributed by atoms with van der Waals surface area (Å²) in [6.45, 7) is 6.54. The summed E-state index contributed by atoms with van der Waals surface area (Å²) in [4.78, 5) is 10.6. The number of rotatable bonds is 7. The second-order valence-corrected chi connectivity index (χ2v) is 3.85. The van der Waals surface area contributed by atoms with Gasteiger partial charge in [-0.1, -0.05) is 18.2 Å². The maximum atomic E-state index is 10.6. The normalized spacial score (nSPS) is 11.6. The number of carbonyl (C=O) groups is 1. The number of ether oxygens (including phenoxy) is 2. The van der Waals surface area contributed by atoms with Gasteiger partial charge in [0.2, 0.25) is 0 Å². The SMILES string of the molecule is C=CCC(COC(N)=O)c1ccc(OCC)cc1. The summed E-state index contributed by atoms with van der Waals surface area (Å²) in [6, 6.07) is 7.73. The van der Waals surface area contributed by atoms with Crippen molar-refractivity contribution >= 4 is 6.09 Å². The molecule has 4 heteroatoms. The third-order valence-corrected chi connectivity index (χ3v) is 2.54. The van der Waals surface area contributed by atoms with Gasteiger partial charge in [0.25, 0.3) is 0 Å². The van der Waals surface area contributed by atoms with E-state index < -0.39 is 6.09 Å². The van der Waals surface area contributed by atoms with Gasteiger partial charge in [-0.2, -0.15) is 0 Å². The molecule has 0 fully saturated rings. The Bertz CT molecular complexity index is 387. The highest BCUT2D eigenvalue weighted by Gasteiger charge is 2.12. The van der Waals surface area contributed by atoms with Crippen LogP contribution in [0.25, 0.3) is 0 Å². The molecule has 4 nitrogen and oxygen atoms in total. The molecule has 98 valence electrons. The van der Waals surface area contributed by atoms with Gasteiger partial charge in [0, 0.05) is 5.92 Å². The lowest BCUT2D eigenvalue weighted by atomic mass is 9.96. The molecule has 0 saturated heterocycles. The predicted octanol–water partition coefficient (Wildman–Crippen LogP) is 2.84. The van der Waals surface area contributed by atoms with Gasteiger partial charge in [0.15, 0.2) is 0 Å². The van der Waals surface area contributed by atoms with Gasteiger partial charge < -0.3 is 15.2 Å². The summed E-state index contributed by atoms with van der Waals surface area (Å²) in [5.41, 5.74) is 6.04. The van der Waals surface area contributed by atoms with E-state index in [0.717, 1.165) is 17.7 Å². The first-order chi connectivity index (χ1) is 8.67. The number of nitrogens with two attached hydrogens (primary N) is 1. The fraction of sp³-hybridized carbons (Fsp3) is 0.357. The molecule has 0 spiro atoms. The van der Waals surface area contributed by atoms with E-state index in [1.807, 2.05) is 31.2 Å². The number of benzene rings is 1. The number of allylic oxidation sites excluding steroid dienone is 1. The van der Waals surface area contributed by atoms with E-state index in [9.17, 15) is 4.79 Å². The summed E-state index contributed by atoms with van der Waals surface area (Å²) in [5, 5.41) is 0. The third kappa shape index (κ3) is 4.49. The van der Waals surface area contributed by atoms with Crippen molar-refractivity contribution in [3.63, 3.8) is 0 Å². The van der Waals surface area contributed by atoms with Crippen LogP contribution in [-0.4, -0.2) is 19.3 Å². The lowest BCUT2D eigenvalue weighted by Crippen LogP contribution is -2.17. The highest BCUT2D eigenvalue weighted by atomic mass is 16.5. The standard InChI is InChI=1S/C14H19NO3/c1-3-5-12(10-18-14(15)16)11-6-8-13(9-7-11)17-4-2/h3,6-9,12H,1,4-5,10H2,2H3,(H2,15,16). The minimum Gasteiger partial charge on any atom is -0.494 e. The van der Waals surface area contributed by atoms with Crippen molar-refractivity contribution in [2.24, 2.45) is 5.73 Å². The zero-order valence-corrected chi connectivity index (χ0v) is 10.6. The molecule has 1 aromatic rings. The molecule has 0 saturated carbocycles. The van der Waals surface area contributed by atoms with Crippen molar-refractivity contribution in [3.8, 4) is 5.75 Å². The predicted molar refractivity (Wildman–Crippen MR) is 70.7 cm³/mol. The Balaban J connectivity index is 2.71. The Kier molecular flexibility index (Phi) is 5.77. The molecule has 0 radical (unpaired) electrons. The van der Waals surface area contributed by atoms with Crippen LogP contribution >= 0.6 is 0 Å². The Morgan fingerprint density at radius 3 is 2.61 bits per heavy atom. The van der Waals surface area contributed by atoms with E-state index >= 15 is 0 Å². The van der Waals surface area contributed by atoms with E-state index in [-0.39, 0.29) is 12.5 Å². The smallest absolute Gasteiger partial charge is 0.404 e. The number of hydrogen-bond donors (Lipinski definition) is 1. The van der Waals surface area contributed by atoms with Crippen LogP contribution in [0.4, 0.5) is 4.79 Å². The van der Waals surface area contributed by atoms with Crippen LogP contribution < -0.4 is 10.5 Å². The first kappa shape index (κ1) is 14.1. The van der Waals surface area contributed by atoms with E-state index in [1.54, 1.807) is 6.08 Å². The zero-order chi connectivity index (χ0) is 13.4. The number of carbonyl (C=O) groups excluding carboxylic acids is 1. The van der Waals surface area contributed by atoms with Crippen molar-refractivity contribution < 1.29 is 14.3 Å². The molecule has 1 atom stereocenters. The molecule has 18 heavy (non-hydrogen) atoms. The average molecular weight is 249 g/mol. The molecule has 0 bridgehead atoms. The molecule has 0 aromatic heterocycles. The van der Waals surface area contributed by atoms with Crippen LogP contribution in [0.2, 0.25) is 0 Å². The molecule has 1 unspecified atom stereocenters. The monoisotopic (exact) mass is 249 g/mol. The highest BCUT2D eigenvalue weighted by Crippen LogP contribution is 2.23. The number of hydrogen-bond acceptors (Lipinski definition) is 3. The first-order valence-electron chi connectivity index (χ1n) is 5.93. The van der Waals surface area contributed by atoms with Crippen LogP contribution in [-0.2, 0) is 4.74 Å². The Morgan fingerprint density at radius 2 is 2.11 bits per heavy atom. The van der Waals surface area contributed by atoms with Crippen molar-refractivity contribution in [3.05, 3.63) is 42.5 Å². The second kappa shape index (κ2) is 7.37. The largest absolute Gasteiger partial charge is 0.494 e. The molecule has 0 aliphatic carbocycles.